The minimum absolute atomic E-state index is 0.202. The van der Waals surface area contributed by atoms with E-state index in [1.807, 2.05) is 0 Å². The van der Waals surface area contributed by atoms with Gasteiger partial charge in [0.15, 0.2) is 0 Å². The first-order valence-corrected chi connectivity index (χ1v) is 6.26. The number of amides is 2. The molecule has 1 atom stereocenters. The lowest BCUT2D eigenvalue weighted by Gasteiger charge is -2.10. The van der Waals surface area contributed by atoms with Crippen molar-refractivity contribution in [3.8, 4) is 0 Å². The largest absolute Gasteiger partial charge is 0.430 e. The number of hydrogen-bond acceptors (Lipinski definition) is 6. The van der Waals surface area contributed by atoms with Crippen LogP contribution in [0.5, 0.6) is 0 Å². The molecule has 0 fully saturated rings. The van der Waals surface area contributed by atoms with Crippen LogP contribution < -0.4 is 10.6 Å². The number of ether oxygens (including phenoxy) is 1. The third-order valence-corrected chi connectivity index (χ3v) is 3.03. The van der Waals surface area contributed by atoms with Crippen LogP contribution in [0.15, 0.2) is 16.4 Å². The molecule has 19 heavy (non-hydrogen) atoms. The number of rotatable bonds is 1. The Kier molecular flexibility index (Phi) is 3.61. The van der Waals surface area contributed by atoms with E-state index in [2.05, 4.69) is 15.6 Å². The number of nitrogens with zero attached hydrogens (tertiary/aromatic N) is 1. The highest BCUT2D eigenvalue weighted by molar-refractivity contribution is 7.14. The van der Waals surface area contributed by atoms with E-state index in [-0.39, 0.29) is 11.7 Å². The number of thiophene rings is 1. The summed E-state index contributed by atoms with van der Waals surface area (Å²) in [6.45, 7) is 2.51. The molecular weight excluding hydrogens is 270 g/mol. The Bertz CT molecular complexity index is 578. The van der Waals surface area contributed by atoms with E-state index < -0.39 is 18.1 Å². The van der Waals surface area contributed by atoms with Crippen molar-refractivity contribution in [1.29, 1.82) is 0 Å². The molecule has 1 aromatic rings. The van der Waals surface area contributed by atoms with Crippen molar-refractivity contribution >= 4 is 40.0 Å². The molecule has 1 unspecified atom stereocenters. The number of nitrogens with one attached hydrogen (secondary N) is 2. The van der Waals surface area contributed by atoms with Gasteiger partial charge in [0.05, 0.1) is 5.56 Å². The van der Waals surface area contributed by atoms with E-state index >= 15 is 0 Å². The molecule has 2 N–H and O–H groups in total. The molecule has 8 heteroatoms. The molecule has 2 amide bonds. The molecule has 2 rings (SSSR count). The van der Waals surface area contributed by atoms with Gasteiger partial charge in [0.1, 0.15) is 10.8 Å². The van der Waals surface area contributed by atoms with E-state index in [9.17, 15) is 14.4 Å². The van der Waals surface area contributed by atoms with Crippen LogP contribution in [0.4, 0.5) is 5.00 Å². The summed E-state index contributed by atoms with van der Waals surface area (Å²) in [7, 11) is 0. The number of esters is 1. The van der Waals surface area contributed by atoms with Crippen LogP contribution in [0.25, 0.3) is 0 Å². The smallest absolute Gasteiger partial charge is 0.305 e. The molecular formula is C11H11N3O4S. The van der Waals surface area contributed by atoms with Gasteiger partial charge in [-0.25, -0.2) is 4.99 Å². The zero-order valence-corrected chi connectivity index (χ0v) is 11.0. The van der Waals surface area contributed by atoms with Gasteiger partial charge in [0.2, 0.25) is 5.91 Å². The molecule has 0 saturated heterocycles. The van der Waals surface area contributed by atoms with Crippen molar-refractivity contribution in [2.24, 2.45) is 4.99 Å². The Morgan fingerprint density at radius 2 is 2.21 bits per heavy atom. The third-order valence-electron chi connectivity index (χ3n) is 2.20. The Labute approximate surface area is 112 Å². The number of hydrogen-bond donors (Lipinski definition) is 2. The normalized spacial score (nSPS) is 17.7. The van der Waals surface area contributed by atoms with Crippen molar-refractivity contribution in [2.45, 2.75) is 20.1 Å². The summed E-state index contributed by atoms with van der Waals surface area (Å²) < 4.78 is 4.81. The van der Waals surface area contributed by atoms with E-state index in [0.29, 0.717) is 10.6 Å². The first-order valence-electron chi connectivity index (χ1n) is 5.38. The maximum Gasteiger partial charge on any atom is 0.305 e. The molecule has 0 aliphatic carbocycles. The van der Waals surface area contributed by atoms with Crippen molar-refractivity contribution in [3.63, 3.8) is 0 Å². The number of aliphatic imine (C=N–C) groups is 1. The molecule has 100 valence electrons. The Balaban J connectivity index is 2.40. The van der Waals surface area contributed by atoms with Crippen molar-refractivity contribution in [1.82, 2.24) is 5.32 Å². The highest BCUT2D eigenvalue weighted by atomic mass is 32.1. The third kappa shape index (κ3) is 2.97. The summed E-state index contributed by atoms with van der Waals surface area (Å²) in [6, 6.07) is 1.71. The number of anilines is 1. The summed E-state index contributed by atoms with van der Waals surface area (Å²) in [4.78, 5) is 37.9. The van der Waals surface area contributed by atoms with E-state index in [1.165, 1.54) is 25.2 Å². The first kappa shape index (κ1) is 13.2. The summed E-state index contributed by atoms with van der Waals surface area (Å²) in [5, 5.41) is 7.43. The van der Waals surface area contributed by atoms with Crippen molar-refractivity contribution in [3.05, 3.63) is 17.0 Å². The van der Waals surface area contributed by atoms with Gasteiger partial charge >= 0.3 is 5.97 Å². The fraction of sp³-hybridized carbons (Fsp3) is 0.273. The zero-order valence-electron chi connectivity index (χ0n) is 10.2. The van der Waals surface area contributed by atoms with Gasteiger partial charge in [-0.3, -0.25) is 14.4 Å². The summed E-state index contributed by atoms with van der Waals surface area (Å²) in [5.41, 5.74) is 0.586. The second-order valence-electron chi connectivity index (χ2n) is 3.77. The molecule has 0 aromatic carbocycles. The number of carbonyl (C=O) groups excluding carboxylic acids is 3. The monoisotopic (exact) mass is 281 g/mol. The van der Waals surface area contributed by atoms with Crippen LogP contribution in [-0.4, -0.2) is 29.8 Å². The molecule has 2 heterocycles. The van der Waals surface area contributed by atoms with Crippen LogP contribution in [0.2, 0.25) is 0 Å². The predicted octanol–water partition coefficient (Wildman–Crippen LogP) is 0.472. The van der Waals surface area contributed by atoms with Crippen molar-refractivity contribution < 1.29 is 19.1 Å². The van der Waals surface area contributed by atoms with Gasteiger partial charge in [-0.1, -0.05) is 0 Å². The Morgan fingerprint density at radius 3 is 2.84 bits per heavy atom. The van der Waals surface area contributed by atoms with E-state index in [0.717, 1.165) is 0 Å². The number of fused-ring (bicyclic) bond motifs is 1. The molecule has 0 spiro atoms. The van der Waals surface area contributed by atoms with Crippen molar-refractivity contribution in [2.75, 3.05) is 5.32 Å². The van der Waals surface area contributed by atoms with Gasteiger partial charge in [0.25, 0.3) is 12.1 Å². The minimum atomic E-state index is -1.31. The first-order chi connectivity index (χ1) is 8.97. The molecule has 7 nitrogen and oxygen atoms in total. The number of amidine groups is 1. The SMILES string of the molecule is CC(=O)NC1=NC(OC(C)=O)C(=O)Nc2sccc21. The van der Waals surface area contributed by atoms with Crippen LogP contribution in [0.3, 0.4) is 0 Å². The Morgan fingerprint density at radius 1 is 1.47 bits per heavy atom. The quantitative estimate of drug-likeness (QED) is 0.731. The maximum absolute atomic E-state index is 11.8. The molecule has 1 aliphatic heterocycles. The fourth-order valence-electron chi connectivity index (χ4n) is 1.52. The maximum atomic E-state index is 11.8. The Hall–Kier alpha value is -2.22. The molecule has 1 aliphatic rings. The molecule has 0 radical (unpaired) electrons. The average molecular weight is 281 g/mol. The second-order valence-corrected chi connectivity index (χ2v) is 4.69. The molecule has 0 saturated carbocycles. The highest BCUT2D eigenvalue weighted by Crippen LogP contribution is 2.26. The average Bonchev–Trinajstić information content (AvgIpc) is 2.69. The minimum Gasteiger partial charge on any atom is -0.430 e. The van der Waals surface area contributed by atoms with Gasteiger partial charge in [-0.2, -0.15) is 0 Å². The topological polar surface area (TPSA) is 96.9 Å². The molecule has 0 bridgehead atoms. The van der Waals surface area contributed by atoms with Crippen LogP contribution in [0.1, 0.15) is 19.4 Å². The summed E-state index contributed by atoms with van der Waals surface area (Å²) >= 11 is 1.29. The van der Waals surface area contributed by atoms with Gasteiger partial charge < -0.3 is 15.4 Å². The molecule has 1 aromatic heterocycles. The van der Waals surface area contributed by atoms with E-state index in [1.54, 1.807) is 11.4 Å². The highest BCUT2D eigenvalue weighted by Gasteiger charge is 2.28. The second kappa shape index (κ2) is 5.19. The fourth-order valence-corrected chi connectivity index (χ4v) is 2.31. The zero-order chi connectivity index (χ0) is 14.0. The van der Waals surface area contributed by atoms with Gasteiger partial charge in [-0.05, 0) is 11.4 Å². The van der Waals surface area contributed by atoms with Crippen LogP contribution in [-0.2, 0) is 19.1 Å². The van der Waals surface area contributed by atoms with Gasteiger partial charge in [0, 0.05) is 13.8 Å². The van der Waals surface area contributed by atoms with E-state index in [4.69, 9.17) is 4.74 Å². The summed E-state index contributed by atoms with van der Waals surface area (Å²) in [6.07, 6.45) is -1.31. The van der Waals surface area contributed by atoms with Crippen LogP contribution in [0, 0.1) is 0 Å². The van der Waals surface area contributed by atoms with Gasteiger partial charge in [-0.15, -0.1) is 11.3 Å². The predicted molar refractivity (Wildman–Crippen MR) is 68.9 cm³/mol. The standard InChI is InChI=1S/C11H11N3O4S/c1-5(15)12-8-7-3-4-19-11(7)14-9(17)10(13-8)18-6(2)16/h3-4,10H,1-2H3,(H,14,17)(H,12,13,15). The number of carbonyl (C=O) groups is 3. The lowest BCUT2D eigenvalue weighted by Crippen LogP contribution is -2.32. The summed E-state index contributed by atoms with van der Waals surface area (Å²) in [5.74, 6) is -1.31. The lowest BCUT2D eigenvalue weighted by molar-refractivity contribution is -0.151. The lowest BCUT2D eigenvalue weighted by atomic mass is 10.3. The van der Waals surface area contributed by atoms with Crippen LogP contribution >= 0.6 is 11.3 Å².